The molecule has 0 saturated heterocycles. The van der Waals surface area contributed by atoms with Crippen molar-refractivity contribution >= 4 is 0 Å². The van der Waals surface area contributed by atoms with E-state index in [1.807, 2.05) is 0 Å². The summed E-state index contributed by atoms with van der Waals surface area (Å²) in [7, 11) is 0. The number of hydrogen-bond acceptors (Lipinski definition) is 2. The maximum absolute atomic E-state index is 13.6. The minimum Gasteiger partial charge on any atom is -0.323 e. The van der Waals surface area contributed by atoms with Gasteiger partial charge in [-0.25, -0.2) is 22.0 Å². The maximum Gasteiger partial charge on any atom is 0.200 e. The molecular formula is C14H11F5N2. The van der Waals surface area contributed by atoms with Crippen LogP contribution < -0.4 is 5.73 Å². The van der Waals surface area contributed by atoms with Gasteiger partial charge in [0.25, 0.3) is 0 Å². The molecule has 1 unspecified atom stereocenters. The van der Waals surface area contributed by atoms with Crippen molar-refractivity contribution in [2.45, 2.75) is 19.4 Å². The van der Waals surface area contributed by atoms with Crippen LogP contribution in [0.2, 0.25) is 0 Å². The molecule has 1 aromatic heterocycles. The molecule has 7 heteroatoms. The number of pyridine rings is 1. The topological polar surface area (TPSA) is 38.9 Å². The zero-order valence-electron chi connectivity index (χ0n) is 10.9. The zero-order chi connectivity index (χ0) is 15.7. The summed E-state index contributed by atoms with van der Waals surface area (Å²) in [6.45, 7) is 1.79. The van der Waals surface area contributed by atoms with Crippen LogP contribution in [0.3, 0.4) is 0 Å². The van der Waals surface area contributed by atoms with Gasteiger partial charge < -0.3 is 5.73 Å². The predicted molar refractivity (Wildman–Crippen MR) is 65.8 cm³/mol. The molecule has 0 aliphatic heterocycles. The molecule has 2 rings (SSSR count). The summed E-state index contributed by atoms with van der Waals surface area (Å²) in [6, 6.07) is 1.87. The van der Waals surface area contributed by atoms with Gasteiger partial charge in [-0.15, -0.1) is 0 Å². The molecule has 0 bridgehead atoms. The van der Waals surface area contributed by atoms with Crippen LogP contribution >= 0.6 is 0 Å². The molecule has 0 saturated carbocycles. The molecule has 1 atom stereocenters. The fourth-order valence-electron chi connectivity index (χ4n) is 1.89. The van der Waals surface area contributed by atoms with Crippen LogP contribution in [0, 0.1) is 36.0 Å². The summed E-state index contributed by atoms with van der Waals surface area (Å²) in [5.74, 6) is -10.0. The highest BCUT2D eigenvalue weighted by Gasteiger charge is 2.29. The number of halogens is 5. The van der Waals surface area contributed by atoms with Gasteiger partial charge in [-0.05, 0) is 18.6 Å². The minimum atomic E-state index is -2.20. The van der Waals surface area contributed by atoms with E-state index in [-0.39, 0.29) is 6.42 Å². The first kappa shape index (κ1) is 15.4. The van der Waals surface area contributed by atoms with Crippen LogP contribution in [0.15, 0.2) is 18.3 Å². The number of benzene rings is 1. The summed E-state index contributed by atoms with van der Waals surface area (Å²) in [5, 5.41) is 0. The van der Waals surface area contributed by atoms with Crippen LogP contribution in [-0.4, -0.2) is 4.98 Å². The summed E-state index contributed by atoms with van der Waals surface area (Å²) in [6.07, 6.45) is 1.36. The molecule has 0 fully saturated rings. The minimum absolute atomic E-state index is 0.154. The number of hydrogen-bond donors (Lipinski definition) is 1. The number of rotatable bonds is 3. The Hall–Kier alpha value is -2.02. The van der Waals surface area contributed by atoms with E-state index in [1.165, 1.54) is 6.20 Å². The Bertz CT molecular complexity index is 641. The second kappa shape index (κ2) is 5.77. The molecule has 2 nitrogen and oxygen atoms in total. The second-order valence-corrected chi connectivity index (χ2v) is 4.62. The maximum atomic E-state index is 13.6. The third kappa shape index (κ3) is 2.87. The lowest BCUT2D eigenvalue weighted by atomic mass is 10.0. The molecule has 0 aliphatic rings. The average Bonchev–Trinajstić information content (AvgIpc) is 2.46. The van der Waals surface area contributed by atoms with Crippen LogP contribution in [0.4, 0.5) is 22.0 Å². The Morgan fingerprint density at radius 2 is 1.48 bits per heavy atom. The molecule has 21 heavy (non-hydrogen) atoms. The summed E-state index contributed by atoms with van der Waals surface area (Å²) in [5.41, 5.74) is 5.80. The van der Waals surface area contributed by atoms with Gasteiger partial charge in [0.2, 0.25) is 5.82 Å². The Balaban J connectivity index is 2.39. The van der Waals surface area contributed by atoms with Gasteiger partial charge in [0.15, 0.2) is 23.3 Å². The van der Waals surface area contributed by atoms with Crippen LogP contribution in [-0.2, 0) is 6.42 Å². The fourth-order valence-corrected chi connectivity index (χ4v) is 1.89. The number of aryl methyl sites for hydroxylation is 1. The lowest BCUT2D eigenvalue weighted by Gasteiger charge is -2.15. The van der Waals surface area contributed by atoms with Crippen molar-refractivity contribution in [2.24, 2.45) is 5.73 Å². The van der Waals surface area contributed by atoms with Crippen molar-refractivity contribution < 1.29 is 22.0 Å². The molecule has 112 valence electrons. The van der Waals surface area contributed by atoms with E-state index in [1.54, 1.807) is 19.1 Å². The first-order chi connectivity index (χ1) is 9.82. The van der Waals surface area contributed by atoms with E-state index in [4.69, 9.17) is 5.73 Å². The van der Waals surface area contributed by atoms with Crippen LogP contribution in [0.5, 0.6) is 0 Å². The molecule has 0 spiro atoms. The van der Waals surface area contributed by atoms with Gasteiger partial charge in [-0.2, -0.15) is 0 Å². The van der Waals surface area contributed by atoms with E-state index in [0.717, 1.165) is 5.56 Å². The fraction of sp³-hybridized carbons (Fsp3) is 0.214. The van der Waals surface area contributed by atoms with Crippen molar-refractivity contribution in [2.75, 3.05) is 0 Å². The standard InChI is InChI=1S/C14H11F5N2/c1-6-2-3-7(21-5-6)4-8(20)9-10(15)12(17)14(19)13(18)11(9)16/h2-3,5,8H,4,20H2,1H3. The normalized spacial score (nSPS) is 12.5. The molecule has 0 aliphatic carbocycles. The van der Waals surface area contributed by atoms with Crippen molar-refractivity contribution in [1.29, 1.82) is 0 Å². The molecule has 0 radical (unpaired) electrons. The zero-order valence-corrected chi connectivity index (χ0v) is 10.9. The molecule has 2 aromatic rings. The highest BCUT2D eigenvalue weighted by Crippen LogP contribution is 2.28. The van der Waals surface area contributed by atoms with Gasteiger partial charge in [-0.1, -0.05) is 6.07 Å². The summed E-state index contributed by atoms with van der Waals surface area (Å²) in [4.78, 5) is 3.98. The smallest absolute Gasteiger partial charge is 0.200 e. The third-order valence-electron chi connectivity index (χ3n) is 3.02. The van der Waals surface area contributed by atoms with Gasteiger partial charge in [-0.3, -0.25) is 4.98 Å². The van der Waals surface area contributed by atoms with Crippen molar-refractivity contribution in [3.8, 4) is 0 Å². The van der Waals surface area contributed by atoms with Crippen molar-refractivity contribution in [3.05, 3.63) is 64.2 Å². The first-order valence-electron chi connectivity index (χ1n) is 6.01. The third-order valence-corrected chi connectivity index (χ3v) is 3.02. The van der Waals surface area contributed by atoms with E-state index >= 15 is 0 Å². The first-order valence-corrected chi connectivity index (χ1v) is 6.01. The van der Waals surface area contributed by atoms with E-state index < -0.39 is 40.7 Å². The van der Waals surface area contributed by atoms with E-state index in [9.17, 15) is 22.0 Å². The second-order valence-electron chi connectivity index (χ2n) is 4.62. The molecule has 2 N–H and O–H groups in total. The monoisotopic (exact) mass is 302 g/mol. The van der Waals surface area contributed by atoms with Gasteiger partial charge >= 0.3 is 0 Å². The highest BCUT2D eigenvalue weighted by molar-refractivity contribution is 5.28. The van der Waals surface area contributed by atoms with Gasteiger partial charge in [0, 0.05) is 29.9 Å². The largest absolute Gasteiger partial charge is 0.323 e. The summed E-state index contributed by atoms with van der Waals surface area (Å²) < 4.78 is 66.4. The lowest BCUT2D eigenvalue weighted by Crippen LogP contribution is -2.20. The lowest BCUT2D eigenvalue weighted by molar-refractivity contribution is 0.363. The number of aromatic nitrogens is 1. The van der Waals surface area contributed by atoms with E-state index in [0.29, 0.717) is 5.69 Å². The number of nitrogens with zero attached hydrogens (tertiary/aromatic N) is 1. The summed E-state index contributed by atoms with van der Waals surface area (Å²) >= 11 is 0. The highest BCUT2D eigenvalue weighted by atomic mass is 19.2. The van der Waals surface area contributed by atoms with Crippen molar-refractivity contribution in [3.63, 3.8) is 0 Å². The Kier molecular flexibility index (Phi) is 4.22. The Labute approximate surface area is 117 Å². The Morgan fingerprint density at radius 1 is 0.952 bits per heavy atom. The Morgan fingerprint density at radius 3 is 1.95 bits per heavy atom. The number of nitrogens with two attached hydrogens (primary N) is 1. The predicted octanol–water partition coefficient (Wildman–Crippen LogP) is 3.33. The molecule has 1 aromatic carbocycles. The molecular weight excluding hydrogens is 291 g/mol. The van der Waals surface area contributed by atoms with Crippen LogP contribution in [0.25, 0.3) is 0 Å². The quantitative estimate of drug-likeness (QED) is 0.536. The SMILES string of the molecule is Cc1ccc(CC(N)c2c(F)c(F)c(F)c(F)c2F)nc1. The molecule has 0 amide bonds. The van der Waals surface area contributed by atoms with Gasteiger partial charge in [0.1, 0.15) is 0 Å². The molecule has 1 heterocycles. The average molecular weight is 302 g/mol. The van der Waals surface area contributed by atoms with Gasteiger partial charge in [0.05, 0.1) is 0 Å². The van der Waals surface area contributed by atoms with Crippen molar-refractivity contribution in [1.82, 2.24) is 4.98 Å². The van der Waals surface area contributed by atoms with Crippen LogP contribution in [0.1, 0.15) is 22.9 Å². The van der Waals surface area contributed by atoms with E-state index in [2.05, 4.69) is 4.98 Å².